The molecule has 7 nitrogen and oxygen atoms in total. The molecule has 0 amide bonds. The maximum Gasteiger partial charge on any atom is 0.352 e. The summed E-state index contributed by atoms with van der Waals surface area (Å²) in [6, 6.07) is 0. The van der Waals surface area contributed by atoms with Crippen molar-refractivity contribution in [3.63, 3.8) is 0 Å². The molecule has 1 aliphatic rings. The first kappa shape index (κ1) is 10.6. The molecule has 1 fully saturated rings. The van der Waals surface area contributed by atoms with E-state index in [2.05, 4.69) is 15.3 Å². The van der Waals surface area contributed by atoms with Gasteiger partial charge in [0.05, 0.1) is 4.92 Å². The maximum absolute atomic E-state index is 10.8. The Morgan fingerprint density at radius 2 is 2.31 bits per heavy atom. The molecule has 1 aromatic heterocycles. The van der Waals surface area contributed by atoms with Gasteiger partial charge in [-0.05, 0) is 12.3 Å². The smallest absolute Gasteiger partial charge is 0.352 e. The summed E-state index contributed by atoms with van der Waals surface area (Å²) in [5, 5.41) is 13.7. The highest BCUT2D eigenvalue weighted by atomic mass is 16.6. The maximum atomic E-state index is 10.8. The van der Waals surface area contributed by atoms with Crippen molar-refractivity contribution in [2.75, 3.05) is 17.6 Å². The van der Waals surface area contributed by atoms with Crippen LogP contribution >= 0.6 is 0 Å². The van der Waals surface area contributed by atoms with Gasteiger partial charge in [0.2, 0.25) is 11.6 Å². The first-order chi connectivity index (χ1) is 7.68. The highest BCUT2D eigenvalue weighted by Gasteiger charge is 2.23. The molecule has 0 saturated heterocycles. The number of nitro groups is 1. The van der Waals surface area contributed by atoms with Crippen molar-refractivity contribution in [2.24, 2.45) is 5.92 Å². The standard InChI is InChI=1S/C9H13N5O2/c10-8-7(14(15)16)9(13-5-12-8)11-4-3-6-1-2-6/h5-6H,1-4H2,(H3,10,11,12,13). The fraction of sp³-hybridized carbons (Fsp3) is 0.556. The van der Waals surface area contributed by atoms with Crippen LogP contribution in [-0.2, 0) is 0 Å². The minimum absolute atomic E-state index is 0.103. The summed E-state index contributed by atoms with van der Waals surface area (Å²) in [5.74, 6) is 0.873. The number of nitrogens with two attached hydrogens (primary N) is 1. The zero-order valence-corrected chi connectivity index (χ0v) is 8.72. The third kappa shape index (κ3) is 2.36. The molecule has 86 valence electrons. The molecule has 1 heterocycles. The largest absolute Gasteiger partial charge is 0.378 e. The van der Waals surface area contributed by atoms with Crippen molar-refractivity contribution in [3.05, 3.63) is 16.4 Å². The van der Waals surface area contributed by atoms with Crippen LogP contribution in [0.3, 0.4) is 0 Å². The number of rotatable bonds is 5. The summed E-state index contributed by atoms with van der Waals surface area (Å²) in [7, 11) is 0. The predicted molar refractivity (Wildman–Crippen MR) is 58.9 cm³/mol. The van der Waals surface area contributed by atoms with Crippen molar-refractivity contribution in [1.29, 1.82) is 0 Å². The van der Waals surface area contributed by atoms with Gasteiger partial charge in [-0.25, -0.2) is 9.97 Å². The number of nitrogens with zero attached hydrogens (tertiary/aromatic N) is 3. The molecule has 7 heteroatoms. The molecular weight excluding hydrogens is 210 g/mol. The Hall–Kier alpha value is -1.92. The summed E-state index contributed by atoms with van der Waals surface area (Å²) >= 11 is 0. The molecule has 0 aliphatic heterocycles. The number of aromatic nitrogens is 2. The lowest BCUT2D eigenvalue weighted by Crippen LogP contribution is -2.09. The minimum atomic E-state index is -0.561. The van der Waals surface area contributed by atoms with Gasteiger partial charge < -0.3 is 11.1 Å². The van der Waals surface area contributed by atoms with E-state index in [9.17, 15) is 10.1 Å². The zero-order valence-electron chi connectivity index (χ0n) is 8.72. The van der Waals surface area contributed by atoms with Crippen molar-refractivity contribution in [3.8, 4) is 0 Å². The van der Waals surface area contributed by atoms with Crippen molar-refractivity contribution in [1.82, 2.24) is 9.97 Å². The van der Waals surface area contributed by atoms with E-state index in [1.54, 1.807) is 0 Å². The second-order valence-corrected chi connectivity index (χ2v) is 3.87. The lowest BCUT2D eigenvalue weighted by Gasteiger charge is -2.05. The summed E-state index contributed by atoms with van der Waals surface area (Å²) in [6.45, 7) is 0.682. The van der Waals surface area contributed by atoms with Gasteiger partial charge in [0, 0.05) is 6.54 Å². The minimum Gasteiger partial charge on any atom is -0.378 e. The topological polar surface area (TPSA) is 107 Å². The molecule has 0 aromatic carbocycles. The van der Waals surface area contributed by atoms with Crippen molar-refractivity contribution >= 4 is 17.3 Å². The molecule has 0 spiro atoms. The fourth-order valence-corrected chi connectivity index (χ4v) is 1.50. The first-order valence-corrected chi connectivity index (χ1v) is 5.17. The quantitative estimate of drug-likeness (QED) is 0.573. The highest BCUT2D eigenvalue weighted by molar-refractivity contribution is 5.67. The van der Waals surface area contributed by atoms with Gasteiger partial charge in [-0.2, -0.15) is 0 Å². The fourth-order valence-electron chi connectivity index (χ4n) is 1.50. The van der Waals surface area contributed by atoms with E-state index in [1.165, 1.54) is 19.2 Å². The first-order valence-electron chi connectivity index (χ1n) is 5.17. The molecular formula is C9H13N5O2. The SMILES string of the molecule is Nc1ncnc(NCCC2CC2)c1[N+](=O)[O-]. The van der Waals surface area contributed by atoms with E-state index in [4.69, 9.17) is 5.73 Å². The van der Waals surface area contributed by atoms with Crippen LogP contribution in [0.1, 0.15) is 19.3 Å². The van der Waals surface area contributed by atoms with Crippen LogP contribution in [0.25, 0.3) is 0 Å². The number of nitrogen functional groups attached to an aromatic ring is 1. The Morgan fingerprint density at radius 1 is 1.56 bits per heavy atom. The van der Waals surface area contributed by atoms with E-state index in [-0.39, 0.29) is 17.3 Å². The average molecular weight is 223 g/mol. The van der Waals surface area contributed by atoms with Gasteiger partial charge in [0.15, 0.2) is 0 Å². The van der Waals surface area contributed by atoms with Crippen LogP contribution < -0.4 is 11.1 Å². The molecule has 0 radical (unpaired) electrons. The Kier molecular flexibility index (Phi) is 2.84. The molecule has 3 N–H and O–H groups in total. The van der Waals surface area contributed by atoms with E-state index in [0.717, 1.165) is 12.3 Å². The van der Waals surface area contributed by atoms with E-state index < -0.39 is 4.92 Å². The molecule has 16 heavy (non-hydrogen) atoms. The monoisotopic (exact) mass is 223 g/mol. The number of hydrogen-bond donors (Lipinski definition) is 2. The van der Waals surface area contributed by atoms with Crippen molar-refractivity contribution in [2.45, 2.75) is 19.3 Å². The molecule has 0 atom stereocenters. The van der Waals surface area contributed by atoms with E-state index in [0.29, 0.717) is 6.54 Å². The summed E-state index contributed by atoms with van der Waals surface area (Å²) in [6.07, 6.45) is 4.76. The van der Waals surface area contributed by atoms with Crippen LogP contribution in [0.5, 0.6) is 0 Å². The highest BCUT2D eigenvalue weighted by Crippen LogP contribution is 2.32. The Morgan fingerprint density at radius 3 is 2.94 bits per heavy atom. The number of nitrogens with one attached hydrogen (secondary N) is 1. The Labute approximate surface area is 92.2 Å². The average Bonchev–Trinajstić information content (AvgIpc) is 3.01. The van der Waals surface area contributed by atoms with Gasteiger partial charge >= 0.3 is 5.69 Å². The van der Waals surface area contributed by atoms with Crippen molar-refractivity contribution < 1.29 is 4.92 Å². The van der Waals surface area contributed by atoms with Gasteiger partial charge in [-0.1, -0.05) is 12.8 Å². The third-order valence-electron chi connectivity index (χ3n) is 2.58. The molecule has 1 aromatic rings. The van der Waals surface area contributed by atoms with Gasteiger partial charge in [-0.3, -0.25) is 10.1 Å². The van der Waals surface area contributed by atoms with Crippen LogP contribution in [0, 0.1) is 16.0 Å². The van der Waals surface area contributed by atoms with Gasteiger partial charge in [0.1, 0.15) is 6.33 Å². The molecule has 0 bridgehead atoms. The second-order valence-electron chi connectivity index (χ2n) is 3.87. The lowest BCUT2D eigenvalue weighted by molar-refractivity contribution is -0.383. The lowest BCUT2D eigenvalue weighted by atomic mass is 10.3. The van der Waals surface area contributed by atoms with E-state index in [1.807, 2.05) is 0 Å². The summed E-state index contributed by atoms with van der Waals surface area (Å²) < 4.78 is 0. The van der Waals surface area contributed by atoms with Crippen LogP contribution in [0.4, 0.5) is 17.3 Å². The van der Waals surface area contributed by atoms with Gasteiger partial charge in [-0.15, -0.1) is 0 Å². The summed E-state index contributed by atoms with van der Waals surface area (Å²) in [5.41, 5.74) is 5.20. The van der Waals surface area contributed by atoms with E-state index >= 15 is 0 Å². The molecule has 1 saturated carbocycles. The predicted octanol–water partition coefficient (Wildman–Crippen LogP) is 1.18. The summed E-state index contributed by atoms with van der Waals surface area (Å²) in [4.78, 5) is 17.6. The Bertz CT molecular complexity index is 405. The third-order valence-corrected chi connectivity index (χ3v) is 2.58. The van der Waals surface area contributed by atoms with Crippen LogP contribution in [0.2, 0.25) is 0 Å². The normalized spacial score (nSPS) is 14.8. The van der Waals surface area contributed by atoms with Crippen LogP contribution in [0.15, 0.2) is 6.33 Å². The Balaban J connectivity index is 2.05. The van der Waals surface area contributed by atoms with Gasteiger partial charge in [0.25, 0.3) is 0 Å². The molecule has 1 aliphatic carbocycles. The molecule has 0 unspecified atom stereocenters. The second kappa shape index (κ2) is 4.30. The molecule has 2 rings (SSSR count). The van der Waals surface area contributed by atoms with Crippen LogP contribution in [-0.4, -0.2) is 21.4 Å². The zero-order chi connectivity index (χ0) is 11.5. The number of hydrogen-bond acceptors (Lipinski definition) is 6. The number of anilines is 2.